The topological polar surface area (TPSA) is 70.5 Å². The molecule has 2 aromatic rings. The lowest BCUT2D eigenvalue weighted by molar-refractivity contribution is 0.174. The van der Waals surface area contributed by atoms with Crippen molar-refractivity contribution in [1.82, 2.24) is 0 Å². The Labute approximate surface area is 98.8 Å². The monoisotopic (exact) mass is 228 g/mol. The van der Waals surface area contributed by atoms with Crippen LogP contribution < -0.4 is 20.9 Å². The molecule has 17 heavy (non-hydrogen) atoms. The molecule has 0 atom stereocenters. The van der Waals surface area contributed by atoms with Gasteiger partial charge in [0, 0.05) is 0 Å². The zero-order valence-corrected chi connectivity index (χ0v) is 9.14. The molecule has 0 saturated carbocycles. The lowest BCUT2D eigenvalue weighted by Crippen LogP contribution is -1.94. The Kier molecular flexibility index (Phi) is 2.08. The molecule has 0 spiro atoms. The normalized spacial score (nSPS) is 12.7. The Morgan fingerprint density at radius 3 is 2.29 bits per heavy atom. The van der Waals surface area contributed by atoms with Crippen LogP contribution in [0.5, 0.6) is 11.5 Å². The average Bonchev–Trinajstić information content (AvgIpc) is 2.79. The van der Waals surface area contributed by atoms with E-state index in [1.54, 1.807) is 6.07 Å². The molecule has 3 rings (SSSR count). The fraction of sp³-hybridized carbons (Fsp3) is 0.0769. The smallest absolute Gasteiger partial charge is 0.231 e. The summed E-state index contributed by atoms with van der Waals surface area (Å²) in [5.41, 5.74) is 14.7. The Balaban J connectivity index is 2.06. The predicted molar refractivity (Wildman–Crippen MR) is 66.8 cm³/mol. The molecule has 0 aliphatic carbocycles. The van der Waals surface area contributed by atoms with E-state index in [1.165, 1.54) is 0 Å². The molecule has 2 aromatic carbocycles. The summed E-state index contributed by atoms with van der Waals surface area (Å²) in [5, 5.41) is 0. The highest BCUT2D eigenvalue weighted by molar-refractivity contribution is 5.75. The quantitative estimate of drug-likeness (QED) is 0.734. The summed E-state index contributed by atoms with van der Waals surface area (Å²) < 4.78 is 10.6. The van der Waals surface area contributed by atoms with Crippen LogP contribution in [0.25, 0.3) is 11.1 Å². The van der Waals surface area contributed by atoms with Crippen LogP contribution in [0.1, 0.15) is 0 Å². The predicted octanol–water partition coefficient (Wildman–Crippen LogP) is 2.25. The molecule has 4 N–H and O–H groups in total. The fourth-order valence-electron chi connectivity index (χ4n) is 1.83. The van der Waals surface area contributed by atoms with Crippen molar-refractivity contribution < 1.29 is 9.47 Å². The lowest BCUT2D eigenvalue weighted by Gasteiger charge is -2.06. The number of fused-ring (bicyclic) bond motifs is 1. The van der Waals surface area contributed by atoms with Gasteiger partial charge in [0.2, 0.25) is 6.79 Å². The second-order valence-corrected chi connectivity index (χ2v) is 3.91. The largest absolute Gasteiger partial charge is 0.454 e. The van der Waals surface area contributed by atoms with Gasteiger partial charge >= 0.3 is 0 Å². The van der Waals surface area contributed by atoms with Gasteiger partial charge in [-0.1, -0.05) is 12.1 Å². The molecule has 0 radical (unpaired) electrons. The van der Waals surface area contributed by atoms with Crippen molar-refractivity contribution in [2.24, 2.45) is 0 Å². The molecule has 1 heterocycles. The van der Waals surface area contributed by atoms with Crippen LogP contribution in [0.15, 0.2) is 36.4 Å². The Bertz CT molecular complexity index is 582. The van der Waals surface area contributed by atoms with Gasteiger partial charge in [-0.25, -0.2) is 0 Å². The van der Waals surface area contributed by atoms with Crippen LogP contribution in [0, 0.1) is 0 Å². The second kappa shape index (κ2) is 3.59. The van der Waals surface area contributed by atoms with Crippen molar-refractivity contribution in [3.63, 3.8) is 0 Å². The van der Waals surface area contributed by atoms with Gasteiger partial charge in [0.05, 0.1) is 11.4 Å². The molecule has 4 heteroatoms. The van der Waals surface area contributed by atoms with Crippen LogP contribution in [0.2, 0.25) is 0 Å². The standard InChI is InChI=1S/C13H12N2O2/c14-10-3-1-8(5-11(10)15)9-2-4-12-13(6-9)17-7-16-12/h1-6H,7,14-15H2. The van der Waals surface area contributed by atoms with Crippen LogP contribution in [-0.2, 0) is 0 Å². The summed E-state index contributed by atoms with van der Waals surface area (Å²) in [7, 11) is 0. The molecule has 0 saturated heterocycles. The molecule has 4 nitrogen and oxygen atoms in total. The molecule has 1 aliphatic rings. The van der Waals surface area contributed by atoms with Crippen molar-refractivity contribution in [2.45, 2.75) is 0 Å². The first-order valence-electron chi connectivity index (χ1n) is 5.29. The maximum Gasteiger partial charge on any atom is 0.231 e. The van der Waals surface area contributed by atoms with E-state index in [9.17, 15) is 0 Å². The SMILES string of the molecule is Nc1ccc(-c2ccc3c(c2)OCO3)cc1N. The Morgan fingerprint density at radius 1 is 0.765 bits per heavy atom. The van der Waals surface area contributed by atoms with Crippen LogP contribution in [-0.4, -0.2) is 6.79 Å². The first-order chi connectivity index (χ1) is 8.24. The first kappa shape index (κ1) is 9.84. The van der Waals surface area contributed by atoms with E-state index in [0.29, 0.717) is 11.4 Å². The summed E-state index contributed by atoms with van der Waals surface area (Å²) in [6, 6.07) is 11.4. The zero-order chi connectivity index (χ0) is 11.8. The van der Waals surface area contributed by atoms with Crippen molar-refractivity contribution in [1.29, 1.82) is 0 Å². The van der Waals surface area contributed by atoms with Crippen LogP contribution in [0.3, 0.4) is 0 Å². The van der Waals surface area contributed by atoms with E-state index in [1.807, 2.05) is 30.3 Å². The van der Waals surface area contributed by atoms with E-state index in [0.717, 1.165) is 22.6 Å². The van der Waals surface area contributed by atoms with Crippen molar-refractivity contribution in [3.05, 3.63) is 36.4 Å². The first-order valence-corrected chi connectivity index (χ1v) is 5.29. The number of ether oxygens (including phenoxy) is 2. The van der Waals surface area contributed by atoms with Crippen LogP contribution >= 0.6 is 0 Å². The molecule has 0 bridgehead atoms. The Hall–Kier alpha value is -2.36. The number of rotatable bonds is 1. The van der Waals surface area contributed by atoms with E-state index >= 15 is 0 Å². The maximum atomic E-state index is 5.79. The number of anilines is 2. The molecule has 0 amide bonds. The molecule has 86 valence electrons. The minimum absolute atomic E-state index is 0.280. The number of benzene rings is 2. The molecular formula is C13H12N2O2. The van der Waals surface area contributed by atoms with E-state index < -0.39 is 0 Å². The number of hydrogen-bond donors (Lipinski definition) is 2. The molecule has 0 aromatic heterocycles. The summed E-state index contributed by atoms with van der Waals surface area (Å²) in [6.07, 6.45) is 0. The maximum absolute atomic E-state index is 5.79. The van der Waals surface area contributed by atoms with Gasteiger partial charge in [-0.05, 0) is 35.4 Å². The fourth-order valence-corrected chi connectivity index (χ4v) is 1.83. The molecule has 0 fully saturated rings. The van der Waals surface area contributed by atoms with Gasteiger partial charge in [-0.15, -0.1) is 0 Å². The van der Waals surface area contributed by atoms with Crippen molar-refractivity contribution >= 4 is 11.4 Å². The highest BCUT2D eigenvalue weighted by Gasteiger charge is 2.13. The summed E-state index contributed by atoms with van der Waals surface area (Å²) in [5.74, 6) is 1.54. The minimum Gasteiger partial charge on any atom is -0.454 e. The van der Waals surface area contributed by atoms with E-state index in [-0.39, 0.29) is 6.79 Å². The highest BCUT2D eigenvalue weighted by atomic mass is 16.7. The third-order valence-corrected chi connectivity index (χ3v) is 2.79. The van der Waals surface area contributed by atoms with Crippen molar-refractivity contribution in [3.8, 4) is 22.6 Å². The van der Waals surface area contributed by atoms with Gasteiger partial charge in [0.1, 0.15) is 0 Å². The van der Waals surface area contributed by atoms with Crippen molar-refractivity contribution in [2.75, 3.05) is 18.3 Å². The number of nitrogens with two attached hydrogens (primary N) is 2. The Morgan fingerprint density at radius 2 is 1.47 bits per heavy atom. The van der Waals surface area contributed by atoms with Gasteiger partial charge < -0.3 is 20.9 Å². The summed E-state index contributed by atoms with van der Waals surface area (Å²) in [6.45, 7) is 0.280. The van der Waals surface area contributed by atoms with Crippen LogP contribution in [0.4, 0.5) is 11.4 Å². The van der Waals surface area contributed by atoms with Gasteiger partial charge in [-0.3, -0.25) is 0 Å². The third-order valence-electron chi connectivity index (χ3n) is 2.79. The van der Waals surface area contributed by atoms with Gasteiger partial charge in [0.15, 0.2) is 11.5 Å². The van der Waals surface area contributed by atoms with E-state index in [2.05, 4.69) is 0 Å². The highest BCUT2D eigenvalue weighted by Crippen LogP contribution is 2.36. The number of nitrogen functional groups attached to an aromatic ring is 2. The zero-order valence-electron chi connectivity index (χ0n) is 9.14. The minimum atomic E-state index is 0.280. The molecule has 1 aliphatic heterocycles. The molecule has 0 unspecified atom stereocenters. The third kappa shape index (κ3) is 1.63. The van der Waals surface area contributed by atoms with E-state index in [4.69, 9.17) is 20.9 Å². The average molecular weight is 228 g/mol. The molecular weight excluding hydrogens is 216 g/mol. The summed E-state index contributed by atoms with van der Waals surface area (Å²) >= 11 is 0. The second-order valence-electron chi connectivity index (χ2n) is 3.91. The van der Waals surface area contributed by atoms with Gasteiger partial charge in [-0.2, -0.15) is 0 Å². The summed E-state index contributed by atoms with van der Waals surface area (Å²) in [4.78, 5) is 0. The number of hydrogen-bond acceptors (Lipinski definition) is 4. The lowest BCUT2D eigenvalue weighted by atomic mass is 10.0. The van der Waals surface area contributed by atoms with Gasteiger partial charge in [0.25, 0.3) is 0 Å².